The molecule has 0 aliphatic carbocycles. The van der Waals surface area contributed by atoms with Crippen molar-refractivity contribution in [1.29, 1.82) is 0 Å². The zero-order valence-electron chi connectivity index (χ0n) is 15.1. The van der Waals surface area contributed by atoms with E-state index in [1.54, 1.807) is 0 Å². The van der Waals surface area contributed by atoms with Gasteiger partial charge in [-0.25, -0.2) is 5.14 Å². The Labute approximate surface area is 155 Å². The standard InChI is InChI=1S/C18H28N4O3S/c19-26(23,24)22-12-10-20(11-13-22)14-16-2-4-17(5-3-16)25-18-6-1-8-21(15-18)9-7-18/h2-5H,1,6-15H2,(H2,19,23,24)/t18-/m1/s1. The van der Waals surface area contributed by atoms with Crippen molar-refractivity contribution in [1.82, 2.24) is 14.1 Å². The third-order valence-corrected chi connectivity index (χ3v) is 6.94. The normalized spacial score (nSPS) is 30.4. The van der Waals surface area contributed by atoms with Crippen LogP contribution < -0.4 is 9.88 Å². The summed E-state index contributed by atoms with van der Waals surface area (Å²) in [6, 6.07) is 8.38. The van der Waals surface area contributed by atoms with Gasteiger partial charge >= 0.3 is 0 Å². The van der Waals surface area contributed by atoms with Crippen molar-refractivity contribution >= 4 is 10.2 Å². The number of hydrogen-bond acceptors (Lipinski definition) is 5. The second-order valence-corrected chi connectivity index (χ2v) is 9.33. The van der Waals surface area contributed by atoms with Gasteiger partial charge in [0.25, 0.3) is 10.2 Å². The molecular formula is C18H28N4O3S. The summed E-state index contributed by atoms with van der Waals surface area (Å²) in [6.07, 6.45) is 3.51. The van der Waals surface area contributed by atoms with Crippen molar-refractivity contribution in [3.63, 3.8) is 0 Å². The van der Waals surface area contributed by atoms with Gasteiger partial charge in [0.05, 0.1) is 0 Å². The molecule has 3 fully saturated rings. The number of piperazine rings is 1. The van der Waals surface area contributed by atoms with Crippen molar-refractivity contribution in [3.8, 4) is 5.75 Å². The molecule has 3 aliphatic heterocycles. The second-order valence-electron chi connectivity index (χ2n) is 7.78. The van der Waals surface area contributed by atoms with Gasteiger partial charge in [-0.2, -0.15) is 12.7 Å². The van der Waals surface area contributed by atoms with E-state index >= 15 is 0 Å². The van der Waals surface area contributed by atoms with Gasteiger partial charge in [0.2, 0.25) is 0 Å². The minimum absolute atomic E-state index is 0.0177. The molecule has 0 saturated carbocycles. The van der Waals surface area contributed by atoms with Crippen molar-refractivity contribution in [3.05, 3.63) is 29.8 Å². The van der Waals surface area contributed by atoms with Crippen molar-refractivity contribution in [2.75, 3.05) is 45.8 Å². The zero-order valence-corrected chi connectivity index (χ0v) is 16.0. The molecule has 8 heteroatoms. The van der Waals surface area contributed by atoms with Crippen LogP contribution in [-0.4, -0.2) is 73.9 Å². The topological polar surface area (TPSA) is 79.1 Å². The monoisotopic (exact) mass is 380 g/mol. The highest BCUT2D eigenvalue weighted by Crippen LogP contribution is 2.35. The Morgan fingerprint density at radius 1 is 1.00 bits per heavy atom. The fraction of sp³-hybridized carbons (Fsp3) is 0.667. The number of piperidine rings is 1. The lowest BCUT2D eigenvalue weighted by atomic mass is 9.94. The van der Waals surface area contributed by atoms with Crippen LogP contribution in [0.5, 0.6) is 5.75 Å². The summed E-state index contributed by atoms with van der Waals surface area (Å²) in [5, 5.41) is 5.19. The summed E-state index contributed by atoms with van der Waals surface area (Å²) in [4.78, 5) is 4.76. The first-order valence-electron chi connectivity index (χ1n) is 9.43. The molecular weight excluding hydrogens is 352 g/mol. The number of fused-ring (bicyclic) bond motifs is 2. The van der Waals surface area contributed by atoms with Gasteiger partial charge in [-0.1, -0.05) is 12.1 Å². The first kappa shape index (κ1) is 18.2. The van der Waals surface area contributed by atoms with Crippen LogP contribution in [0, 0.1) is 0 Å². The summed E-state index contributed by atoms with van der Waals surface area (Å²) in [7, 11) is -3.56. The van der Waals surface area contributed by atoms with Crippen LogP contribution in [-0.2, 0) is 16.8 Å². The molecule has 2 atom stereocenters. The number of ether oxygens (including phenoxy) is 1. The highest BCUT2D eigenvalue weighted by molar-refractivity contribution is 7.86. The van der Waals surface area contributed by atoms with E-state index < -0.39 is 10.2 Å². The van der Waals surface area contributed by atoms with Crippen LogP contribution in [0.4, 0.5) is 0 Å². The van der Waals surface area contributed by atoms with Crippen molar-refractivity contribution < 1.29 is 13.2 Å². The molecule has 1 unspecified atom stereocenters. The van der Waals surface area contributed by atoms with Crippen molar-refractivity contribution in [2.24, 2.45) is 5.14 Å². The number of benzene rings is 1. The molecule has 7 nitrogen and oxygen atoms in total. The number of nitrogens with two attached hydrogens (primary N) is 1. The third-order valence-electron chi connectivity index (χ3n) is 5.86. The molecule has 3 heterocycles. The predicted octanol–water partition coefficient (Wildman–Crippen LogP) is 0.625. The molecule has 144 valence electrons. The summed E-state index contributed by atoms with van der Waals surface area (Å²) < 4.78 is 30.5. The minimum Gasteiger partial charge on any atom is -0.486 e. The minimum atomic E-state index is -3.56. The Morgan fingerprint density at radius 2 is 1.73 bits per heavy atom. The molecule has 3 aliphatic rings. The Hall–Kier alpha value is -1.19. The molecule has 2 bridgehead atoms. The molecule has 1 aromatic rings. The van der Waals surface area contributed by atoms with E-state index in [-0.39, 0.29) is 5.60 Å². The van der Waals surface area contributed by atoms with E-state index in [1.165, 1.54) is 22.8 Å². The van der Waals surface area contributed by atoms with Crippen LogP contribution in [0.2, 0.25) is 0 Å². The predicted molar refractivity (Wildman–Crippen MR) is 100 cm³/mol. The summed E-state index contributed by atoms with van der Waals surface area (Å²) in [5.74, 6) is 0.955. The summed E-state index contributed by atoms with van der Waals surface area (Å²) >= 11 is 0. The quantitative estimate of drug-likeness (QED) is 0.810. The Bertz CT molecular complexity index is 727. The maximum atomic E-state index is 11.4. The summed E-state index contributed by atoms with van der Waals surface area (Å²) in [5.41, 5.74) is 1.24. The average molecular weight is 381 g/mol. The molecule has 4 rings (SSSR count). The van der Waals surface area contributed by atoms with Gasteiger partial charge in [0.1, 0.15) is 11.4 Å². The number of nitrogens with zero attached hydrogens (tertiary/aromatic N) is 3. The van der Waals surface area contributed by atoms with Crippen LogP contribution in [0.15, 0.2) is 24.3 Å². The first-order valence-corrected chi connectivity index (χ1v) is 10.9. The molecule has 0 aromatic heterocycles. The van der Waals surface area contributed by atoms with Gasteiger partial charge in [-0.05, 0) is 37.1 Å². The molecule has 0 radical (unpaired) electrons. The fourth-order valence-corrected chi connectivity index (χ4v) is 5.07. The van der Waals surface area contributed by atoms with Crippen LogP contribution >= 0.6 is 0 Å². The maximum absolute atomic E-state index is 11.4. The zero-order chi connectivity index (χ0) is 18.2. The maximum Gasteiger partial charge on any atom is 0.276 e. The van der Waals surface area contributed by atoms with Gasteiger partial charge < -0.3 is 4.74 Å². The van der Waals surface area contributed by atoms with Gasteiger partial charge in [0, 0.05) is 52.2 Å². The Morgan fingerprint density at radius 3 is 2.42 bits per heavy atom. The smallest absolute Gasteiger partial charge is 0.276 e. The number of hydrogen-bond donors (Lipinski definition) is 1. The van der Waals surface area contributed by atoms with Gasteiger partial charge in [0.15, 0.2) is 0 Å². The average Bonchev–Trinajstić information content (AvgIpc) is 2.90. The molecule has 2 N–H and O–H groups in total. The second kappa shape index (κ2) is 7.09. The molecule has 0 amide bonds. The highest BCUT2D eigenvalue weighted by Gasteiger charge is 2.42. The van der Waals surface area contributed by atoms with Crippen LogP contribution in [0.3, 0.4) is 0 Å². The van der Waals surface area contributed by atoms with E-state index in [9.17, 15) is 8.42 Å². The lowest BCUT2D eigenvalue weighted by Gasteiger charge is -2.34. The van der Waals surface area contributed by atoms with Gasteiger partial charge in [-0.3, -0.25) is 9.80 Å². The lowest BCUT2D eigenvalue weighted by molar-refractivity contribution is 0.0452. The van der Waals surface area contributed by atoms with E-state index in [0.29, 0.717) is 26.2 Å². The lowest BCUT2D eigenvalue weighted by Crippen LogP contribution is -2.50. The van der Waals surface area contributed by atoms with Crippen molar-refractivity contribution in [2.45, 2.75) is 31.4 Å². The van der Waals surface area contributed by atoms with E-state index in [2.05, 4.69) is 34.1 Å². The molecule has 26 heavy (non-hydrogen) atoms. The SMILES string of the molecule is NS(=O)(=O)N1CCN(Cc2ccc(O[C@]34CCCN(CC3)C4)cc2)CC1. The van der Waals surface area contributed by atoms with Crippen LogP contribution in [0.25, 0.3) is 0 Å². The largest absolute Gasteiger partial charge is 0.486 e. The highest BCUT2D eigenvalue weighted by atomic mass is 32.2. The third kappa shape index (κ3) is 4.04. The van der Waals surface area contributed by atoms with Crippen LogP contribution in [0.1, 0.15) is 24.8 Å². The first-order chi connectivity index (χ1) is 12.4. The Balaban J connectivity index is 1.31. The molecule has 3 saturated heterocycles. The van der Waals surface area contributed by atoms with E-state index in [1.807, 2.05) is 0 Å². The number of rotatable bonds is 5. The van der Waals surface area contributed by atoms with E-state index in [0.717, 1.165) is 38.2 Å². The Kier molecular flexibility index (Phi) is 4.96. The van der Waals surface area contributed by atoms with E-state index in [4.69, 9.17) is 9.88 Å². The van der Waals surface area contributed by atoms with Gasteiger partial charge in [-0.15, -0.1) is 0 Å². The fourth-order valence-electron chi connectivity index (χ4n) is 4.39. The molecule has 1 aromatic carbocycles. The molecule has 0 spiro atoms. The summed E-state index contributed by atoms with van der Waals surface area (Å²) in [6.45, 7) is 6.56.